The molecule has 1 rings (SSSR count). The van der Waals surface area contributed by atoms with Crippen molar-refractivity contribution in [2.75, 3.05) is 0 Å². The van der Waals surface area contributed by atoms with Crippen LogP contribution in [-0.2, 0) is 11.3 Å². The smallest absolute Gasteiger partial charge is 0.305 e. The summed E-state index contributed by atoms with van der Waals surface area (Å²) in [6, 6.07) is 0. The molecule has 1 N–H and O–H groups in total. The Kier molecular flexibility index (Phi) is 2.20. The van der Waals surface area contributed by atoms with Crippen LogP contribution in [0.5, 0.6) is 0 Å². The lowest BCUT2D eigenvalue weighted by atomic mass is 10.4. The Morgan fingerprint density at radius 2 is 2.55 bits per heavy atom. The van der Waals surface area contributed by atoms with E-state index in [-0.39, 0.29) is 6.42 Å². The highest BCUT2D eigenvalue weighted by molar-refractivity contribution is 5.66. The molecule has 0 aromatic carbocycles. The molecule has 0 saturated carbocycles. The number of nitrogens with zero attached hydrogens (tertiary/aromatic N) is 3. The summed E-state index contributed by atoms with van der Waals surface area (Å²) < 4.78 is 1.52. The van der Waals surface area contributed by atoms with E-state index < -0.39 is 5.97 Å². The zero-order chi connectivity index (χ0) is 8.27. The van der Waals surface area contributed by atoms with Crippen molar-refractivity contribution in [3.8, 4) is 0 Å². The van der Waals surface area contributed by atoms with Crippen LogP contribution in [0.1, 0.15) is 12.2 Å². The van der Waals surface area contributed by atoms with Crippen molar-refractivity contribution in [1.82, 2.24) is 14.8 Å². The van der Waals surface area contributed by atoms with Crippen LogP contribution < -0.4 is 0 Å². The minimum absolute atomic E-state index is 0.0861. The molecule has 0 aliphatic heterocycles. The average Bonchev–Trinajstić information content (AvgIpc) is 2.31. The van der Waals surface area contributed by atoms with Gasteiger partial charge in [0.1, 0.15) is 12.2 Å². The molecule has 0 bridgehead atoms. The van der Waals surface area contributed by atoms with Gasteiger partial charge in [0.05, 0.1) is 13.0 Å². The molecule has 0 aliphatic carbocycles. The fourth-order valence-corrected chi connectivity index (χ4v) is 0.706. The van der Waals surface area contributed by atoms with Crippen LogP contribution in [0.15, 0.2) is 6.33 Å². The summed E-state index contributed by atoms with van der Waals surface area (Å²) in [5.74, 6) is -0.159. The zero-order valence-electron chi connectivity index (χ0n) is 6.19. The van der Waals surface area contributed by atoms with Crippen molar-refractivity contribution in [2.24, 2.45) is 0 Å². The van der Waals surface area contributed by atoms with E-state index in [2.05, 4.69) is 10.1 Å². The topological polar surface area (TPSA) is 68.0 Å². The number of aromatic nitrogens is 3. The average molecular weight is 155 g/mol. The van der Waals surface area contributed by atoms with E-state index in [9.17, 15) is 4.79 Å². The van der Waals surface area contributed by atoms with Crippen molar-refractivity contribution >= 4 is 5.97 Å². The summed E-state index contributed by atoms with van der Waals surface area (Å²) in [4.78, 5) is 14.0. The molecule has 0 fully saturated rings. The van der Waals surface area contributed by atoms with Gasteiger partial charge in [-0.05, 0) is 6.92 Å². The van der Waals surface area contributed by atoms with Gasteiger partial charge < -0.3 is 5.11 Å². The minimum Gasteiger partial charge on any atom is -0.481 e. The number of rotatable bonds is 3. The van der Waals surface area contributed by atoms with Gasteiger partial charge >= 0.3 is 5.97 Å². The predicted octanol–water partition coefficient (Wildman–Crippen LogP) is 0.0612. The second-order valence-corrected chi connectivity index (χ2v) is 2.20. The molecular formula is C6H9N3O2. The van der Waals surface area contributed by atoms with Gasteiger partial charge in [-0.2, -0.15) is 5.10 Å². The second-order valence-electron chi connectivity index (χ2n) is 2.20. The third kappa shape index (κ3) is 2.37. The Morgan fingerprint density at radius 1 is 1.82 bits per heavy atom. The van der Waals surface area contributed by atoms with Crippen LogP contribution >= 0.6 is 0 Å². The molecule has 1 heterocycles. The van der Waals surface area contributed by atoms with Crippen LogP contribution in [0.2, 0.25) is 0 Å². The highest BCUT2D eigenvalue weighted by Crippen LogP contribution is 1.89. The Labute approximate surface area is 63.7 Å². The number of carboxylic acids is 1. The Balaban J connectivity index is 2.45. The fourth-order valence-electron chi connectivity index (χ4n) is 0.706. The molecule has 5 nitrogen and oxygen atoms in total. The van der Waals surface area contributed by atoms with E-state index in [0.29, 0.717) is 12.4 Å². The first kappa shape index (κ1) is 7.71. The third-order valence-corrected chi connectivity index (χ3v) is 1.21. The molecule has 0 atom stereocenters. The number of hydrogen-bond acceptors (Lipinski definition) is 3. The molecule has 0 spiro atoms. The molecule has 5 heteroatoms. The summed E-state index contributed by atoms with van der Waals surface area (Å²) >= 11 is 0. The van der Waals surface area contributed by atoms with Crippen LogP contribution in [0.3, 0.4) is 0 Å². The number of hydrogen-bond donors (Lipinski definition) is 1. The number of carbonyl (C=O) groups is 1. The van der Waals surface area contributed by atoms with Crippen LogP contribution in [-0.4, -0.2) is 25.8 Å². The number of carboxylic acid groups (broad SMARTS) is 1. The van der Waals surface area contributed by atoms with Crippen LogP contribution in [0.25, 0.3) is 0 Å². The molecular weight excluding hydrogens is 146 g/mol. The second kappa shape index (κ2) is 3.14. The van der Waals surface area contributed by atoms with Gasteiger partial charge in [-0.25, -0.2) is 4.98 Å². The summed E-state index contributed by atoms with van der Waals surface area (Å²) in [6.45, 7) is 2.15. The highest BCUT2D eigenvalue weighted by atomic mass is 16.4. The normalized spacial score (nSPS) is 9.91. The molecule has 1 aromatic heterocycles. The first-order valence-electron chi connectivity index (χ1n) is 3.26. The zero-order valence-corrected chi connectivity index (χ0v) is 6.19. The van der Waals surface area contributed by atoms with Crippen LogP contribution in [0.4, 0.5) is 0 Å². The first-order valence-corrected chi connectivity index (χ1v) is 3.26. The number of aliphatic carboxylic acids is 1. The third-order valence-electron chi connectivity index (χ3n) is 1.21. The molecule has 0 saturated heterocycles. The van der Waals surface area contributed by atoms with Crippen molar-refractivity contribution in [3.05, 3.63) is 12.2 Å². The van der Waals surface area contributed by atoms with Crippen molar-refractivity contribution in [1.29, 1.82) is 0 Å². The molecule has 1 aromatic rings. The monoisotopic (exact) mass is 155 g/mol. The van der Waals surface area contributed by atoms with Crippen molar-refractivity contribution in [3.63, 3.8) is 0 Å². The van der Waals surface area contributed by atoms with Crippen LogP contribution in [0, 0.1) is 6.92 Å². The molecule has 0 amide bonds. The van der Waals surface area contributed by atoms with E-state index in [0.717, 1.165) is 0 Å². The van der Waals surface area contributed by atoms with E-state index >= 15 is 0 Å². The molecule has 0 unspecified atom stereocenters. The molecule has 0 aliphatic rings. The summed E-state index contributed by atoms with van der Waals surface area (Å²) in [7, 11) is 0. The Bertz CT molecular complexity index is 256. The van der Waals surface area contributed by atoms with E-state index in [4.69, 9.17) is 5.11 Å². The van der Waals surface area contributed by atoms with Crippen molar-refractivity contribution in [2.45, 2.75) is 19.9 Å². The van der Waals surface area contributed by atoms with E-state index in [1.54, 1.807) is 6.92 Å². The lowest BCUT2D eigenvalue weighted by Gasteiger charge is -1.94. The standard InChI is InChI=1S/C6H9N3O2/c1-5-7-4-9(8-5)3-2-6(10)11/h4H,2-3H2,1H3,(H,10,11). The van der Waals surface area contributed by atoms with E-state index in [1.807, 2.05) is 0 Å². The Morgan fingerprint density at radius 3 is 3.00 bits per heavy atom. The largest absolute Gasteiger partial charge is 0.481 e. The summed E-state index contributed by atoms with van der Waals surface area (Å²) in [5.41, 5.74) is 0. The maximum absolute atomic E-state index is 10.1. The van der Waals surface area contributed by atoms with Crippen molar-refractivity contribution < 1.29 is 9.90 Å². The SMILES string of the molecule is Cc1ncn(CCC(=O)O)n1. The van der Waals surface area contributed by atoms with E-state index in [1.165, 1.54) is 11.0 Å². The van der Waals surface area contributed by atoms with Gasteiger partial charge in [0, 0.05) is 0 Å². The lowest BCUT2D eigenvalue weighted by Crippen LogP contribution is -2.04. The lowest BCUT2D eigenvalue weighted by molar-refractivity contribution is -0.137. The fraction of sp³-hybridized carbons (Fsp3) is 0.500. The molecule has 11 heavy (non-hydrogen) atoms. The maximum atomic E-state index is 10.1. The van der Waals surface area contributed by atoms with Gasteiger partial charge in [0.15, 0.2) is 0 Å². The minimum atomic E-state index is -0.821. The van der Waals surface area contributed by atoms with Gasteiger partial charge in [-0.15, -0.1) is 0 Å². The molecule has 60 valence electrons. The number of aryl methyl sites for hydroxylation is 2. The maximum Gasteiger partial charge on any atom is 0.305 e. The van der Waals surface area contributed by atoms with Gasteiger partial charge in [-0.3, -0.25) is 9.48 Å². The van der Waals surface area contributed by atoms with Gasteiger partial charge in [0.25, 0.3) is 0 Å². The van der Waals surface area contributed by atoms with Gasteiger partial charge in [0.2, 0.25) is 0 Å². The summed E-state index contributed by atoms with van der Waals surface area (Å²) in [5, 5.41) is 12.2. The molecule has 0 radical (unpaired) electrons. The Hall–Kier alpha value is -1.39. The van der Waals surface area contributed by atoms with Gasteiger partial charge in [-0.1, -0.05) is 0 Å². The summed E-state index contributed by atoms with van der Waals surface area (Å²) in [6.07, 6.45) is 1.61. The predicted molar refractivity (Wildman–Crippen MR) is 37.0 cm³/mol. The quantitative estimate of drug-likeness (QED) is 0.670. The highest BCUT2D eigenvalue weighted by Gasteiger charge is 1.98. The first-order chi connectivity index (χ1) is 5.18.